The van der Waals surface area contributed by atoms with E-state index in [1.807, 2.05) is 70.2 Å². The minimum absolute atomic E-state index is 0.0708. The van der Waals surface area contributed by atoms with Gasteiger partial charge in [0.1, 0.15) is 5.60 Å². The van der Waals surface area contributed by atoms with Crippen LogP contribution >= 0.6 is 0 Å². The van der Waals surface area contributed by atoms with Gasteiger partial charge in [-0.05, 0) is 49.8 Å². The molecule has 1 heterocycles. The molecule has 200 valence electrons. The first-order valence-corrected chi connectivity index (χ1v) is 13.6. The summed E-state index contributed by atoms with van der Waals surface area (Å²) in [6.45, 7) is 11.3. The van der Waals surface area contributed by atoms with Gasteiger partial charge in [-0.15, -0.1) is 0 Å². The average molecular weight is 513 g/mol. The van der Waals surface area contributed by atoms with Gasteiger partial charge in [0.05, 0.1) is 12.0 Å². The van der Waals surface area contributed by atoms with Crippen molar-refractivity contribution in [1.82, 2.24) is 9.80 Å². The summed E-state index contributed by atoms with van der Waals surface area (Å²) in [6.07, 6.45) is 0.00378. The minimum Gasteiger partial charge on any atom is -0.441 e. The van der Waals surface area contributed by atoms with Gasteiger partial charge in [0, 0.05) is 19.1 Å². The molecule has 0 spiro atoms. The molecular formula is C33H40N2O3. The Kier molecular flexibility index (Phi) is 8.68. The van der Waals surface area contributed by atoms with Crippen molar-refractivity contribution in [3.63, 3.8) is 0 Å². The molecular weight excluding hydrogens is 472 g/mol. The number of nitrogens with zero attached hydrogens (tertiary/aromatic N) is 2. The summed E-state index contributed by atoms with van der Waals surface area (Å²) >= 11 is 0. The Morgan fingerprint density at radius 2 is 1.39 bits per heavy atom. The number of hydrogen-bond acceptors (Lipinski definition) is 4. The molecule has 0 unspecified atom stereocenters. The van der Waals surface area contributed by atoms with E-state index in [2.05, 4.69) is 60.4 Å². The zero-order valence-corrected chi connectivity index (χ0v) is 23.2. The molecule has 3 aromatic rings. The van der Waals surface area contributed by atoms with Crippen LogP contribution in [0.15, 0.2) is 91.0 Å². The molecule has 0 radical (unpaired) electrons. The van der Waals surface area contributed by atoms with Crippen LogP contribution in [0.4, 0.5) is 4.79 Å². The second-order valence-corrected chi connectivity index (χ2v) is 11.3. The summed E-state index contributed by atoms with van der Waals surface area (Å²) in [5.41, 5.74) is 2.71. The Labute approximate surface area is 227 Å². The average Bonchev–Trinajstić information content (AvgIpc) is 3.16. The van der Waals surface area contributed by atoms with E-state index in [0.717, 1.165) is 5.56 Å². The Morgan fingerprint density at radius 3 is 1.95 bits per heavy atom. The molecule has 4 rings (SSSR count). The largest absolute Gasteiger partial charge is 0.441 e. The fourth-order valence-corrected chi connectivity index (χ4v) is 5.82. The van der Waals surface area contributed by atoms with Crippen molar-refractivity contribution in [3.05, 3.63) is 108 Å². The number of carbonyl (C=O) groups is 2. The predicted molar refractivity (Wildman–Crippen MR) is 151 cm³/mol. The minimum atomic E-state index is -0.737. The molecule has 2 amide bonds. The summed E-state index contributed by atoms with van der Waals surface area (Å²) in [7, 11) is 0. The monoisotopic (exact) mass is 512 g/mol. The Bertz CT molecular complexity index is 1190. The molecule has 0 N–H and O–H groups in total. The molecule has 5 heteroatoms. The van der Waals surface area contributed by atoms with Gasteiger partial charge in [-0.3, -0.25) is 9.69 Å². The van der Waals surface area contributed by atoms with E-state index in [0.29, 0.717) is 19.5 Å². The highest BCUT2D eigenvalue weighted by Gasteiger charge is 2.53. The quantitative estimate of drug-likeness (QED) is 0.297. The van der Waals surface area contributed by atoms with Crippen molar-refractivity contribution in [3.8, 4) is 0 Å². The maximum Gasteiger partial charge on any atom is 0.417 e. The van der Waals surface area contributed by atoms with Crippen LogP contribution in [0.25, 0.3) is 0 Å². The predicted octanol–water partition coefficient (Wildman–Crippen LogP) is 6.89. The molecule has 5 nitrogen and oxygen atoms in total. The second kappa shape index (κ2) is 12.0. The van der Waals surface area contributed by atoms with Crippen LogP contribution < -0.4 is 0 Å². The van der Waals surface area contributed by atoms with Gasteiger partial charge in [0.2, 0.25) is 5.91 Å². The summed E-state index contributed by atoms with van der Waals surface area (Å²) < 4.78 is 5.73. The molecule has 38 heavy (non-hydrogen) atoms. The van der Waals surface area contributed by atoms with Gasteiger partial charge < -0.3 is 4.74 Å². The molecule has 1 fully saturated rings. The number of benzene rings is 3. The van der Waals surface area contributed by atoms with Gasteiger partial charge >= 0.3 is 6.09 Å². The lowest BCUT2D eigenvalue weighted by Gasteiger charge is -2.36. The molecule has 1 aliphatic heterocycles. The van der Waals surface area contributed by atoms with Crippen molar-refractivity contribution < 1.29 is 14.3 Å². The maximum atomic E-state index is 14.3. The van der Waals surface area contributed by atoms with Crippen molar-refractivity contribution in [1.29, 1.82) is 0 Å². The molecule has 3 atom stereocenters. The van der Waals surface area contributed by atoms with Crippen LogP contribution in [0.1, 0.15) is 57.4 Å². The topological polar surface area (TPSA) is 49.9 Å². The Morgan fingerprint density at radius 1 is 0.868 bits per heavy atom. The third-order valence-electron chi connectivity index (χ3n) is 7.59. The zero-order chi connectivity index (χ0) is 27.3. The normalized spacial score (nSPS) is 18.4. The number of imide groups is 1. The third-order valence-corrected chi connectivity index (χ3v) is 7.59. The van der Waals surface area contributed by atoms with Crippen LogP contribution in [0.3, 0.4) is 0 Å². The van der Waals surface area contributed by atoms with E-state index in [1.165, 1.54) is 16.0 Å². The number of rotatable bonds is 10. The van der Waals surface area contributed by atoms with Crippen molar-refractivity contribution in [2.45, 2.75) is 65.3 Å². The molecule has 1 saturated heterocycles. The van der Waals surface area contributed by atoms with Crippen molar-refractivity contribution >= 4 is 12.0 Å². The van der Waals surface area contributed by atoms with Crippen LogP contribution in [0.5, 0.6) is 0 Å². The molecule has 0 saturated carbocycles. The highest BCUT2D eigenvalue weighted by atomic mass is 16.6. The summed E-state index contributed by atoms with van der Waals surface area (Å²) in [4.78, 5) is 31.2. The third kappa shape index (κ3) is 6.33. The van der Waals surface area contributed by atoms with Gasteiger partial charge in [0.25, 0.3) is 0 Å². The molecule has 0 aliphatic carbocycles. The highest BCUT2D eigenvalue weighted by Crippen LogP contribution is 2.36. The number of hydrogen-bond donors (Lipinski definition) is 0. The van der Waals surface area contributed by atoms with E-state index in [9.17, 15) is 9.59 Å². The first kappa shape index (κ1) is 27.6. The molecule has 3 aromatic carbocycles. The van der Waals surface area contributed by atoms with E-state index >= 15 is 0 Å². The standard InChI is InChI=1S/C33H40N2O3/c1-24(2)30-33(4,5)38-32(37)35(30)31(36)29(21-26-15-9-6-10-16-26)23-34(22-27-17-11-7-12-18-27)25(3)28-19-13-8-14-20-28/h6-20,24-25,29-30H,21-23H2,1-5H3/t25-,29-,30+/m1/s1. The Balaban J connectivity index is 1.70. The van der Waals surface area contributed by atoms with Crippen molar-refractivity contribution in [2.24, 2.45) is 11.8 Å². The smallest absolute Gasteiger partial charge is 0.417 e. The second-order valence-electron chi connectivity index (χ2n) is 11.3. The van der Waals surface area contributed by atoms with Crippen molar-refractivity contribution in [2.75, 3.05) is 6.54 Å². The lowest BCUT2D eigenvalue weighted by Crippen LogP contribution is -2.51. The Hall–Kier alpha value is -3.44. The van der Waals surface area contributed by atoms with Crippen LogP contribution in [0, 0.1) is 11.8 Å². The number of amides is 2. The van der Waals surface area contributed by atoms with E-state index in [4.69, 9.17) is 4.74 Å². The molecule has 1 aliphatic rings. The first-order valence-electron chi connectivity index (χ1n) is 13.6. The van der Waals surface area contributed by atoms with Gasteiger partial charge in [-0.1, -0.05) is 105 Å². The number of cyclic esters (lactones) is 1. The zero-order valence-electron chi connectivity index (χ0n) is 23.2. The lowest BCUT2D eigenvalue weighted by atomic mass is 9.87. The molecule has 0 aromatic heterocycles. The van der Waals surface area contributed by atoms with Gasteiger partial charge in [-0.2, -0.15) is 0 Å². The van der Waals surface area contributed by atoms with Gasteiger partial charge in [0.15, 0.2) is 0 Å². The highest BCUT2D eigenvalue weighted by molar-refractivity contribution is 5.95. The number of carbonyl (C=O) groups excluding carboxylic acids is 2. The van der Waals surface area contributed by atoms with E-state index in [-0.39, 0.29) is 23.9 Å². The lowest BCUT2D eigenvalue weighted by molar-refractivity contribution is -0.135. The van der Waals surface area contributed by atoms with E-state index in [1.54, 1.807) is 0 Å². The SMILES string of the molecule is CC(C)[C@@H]1N(C(=O)[C@H](Cc2ccccc2)CN(Cc2ccccc2)[C@H](C)c2ccccc2)C(=O)OC1(C)C. The summed E-state index contributed by atoms with van der Waals surface area (Å²) in [5, 5.41) is 0. The fourth-order valence-electron chi connectivity index (χ4n) is 5.82. The number of ether oxygens (including phenoxy) is 1. The first-order chi connectivity index (χ1) is 18.2. The summed E-state index contributed by atoms with van der Waals surface area (Å²) in [5.74, 6) is -0.516. The van der Waals surface area contributed by atoms with Gasteiger partial charge in [-0.25, -0.2) is 9.69 Å². The summed E-state index contributed by atoms with van der Waals surface area (Å²) in [6, 6.07) is 30.5. The maximum absolute atomic E-state index is 14.3. The fraction of sp³-hybridized carbons (Fsp3) is 0.394. The van der Waals surface area contributed by atoms with Crippen LogP contribution in [0.2, 0.25) is 0 Å². The van der Waals surface area contributed by atoms with Crippen LogP contribution in [-0.2, 0) is 22.5 Å². The van der Waals surface area contributed by atoms with E-state index < -0.39 is 17.6 Å². The molecule has 0 bridgehead atoms. The van der Waals surface area contributed by atoms with Crippen LogP contribution in [-0.4, -0.2) is 40.0 Å².